The third-order valence-corrected chi connectivity index (χ3v) is 3.66. The first-order valence-electron chi connectivity index (χ1n) is 7.62. The number of non-ortho nitro benzene ring substituents is 1. The maximum Gasteiger partial charge on any atom is 0.338 e. The number of phenolic OH excluding ortho intramolecular Hbond substituents is 1. The van der Waals surface area contributed by atoms with Crippen LogP contribution in [0.2, 0.25) is 0 Å². The highest BCUT2D eigenvalue weighted by Gasteiger charge is 2.30. The van der Waals surface area contributed by atoms with Crippen molar-refractivity contribution in [3.63, 3.8) is 0 Å². The maximum absolute atomic E-state index is 11.3. The second-order valence-corrected chi connectivity index (χ2v) is 5.34. The van der Waals surface area contributed by atoms with E-state index < -0.39 is 37.6 Å². The summed E-state index contributed by atoms with van der Waals surface area (Å²) in [5.74, 6) is -1.51. The minimum atomic E-state index is -1.21. The van der Waals surface area contributed by atoms with E-state index in [9.17, 15) is 35.1 Å². The lowest BCUT2D eigenvalue weighted by Gasteiger charge is -1.99. The summed E-state index contributed by atoms with van der Waals surface area (Å²) in [5, 5.41) is 41.1. The number of carbonyl (C=O) groups excluding carboxylic acids is 1. The molecule has 0 unspecified atom stereocenters. The largest absolute Gasteiger partial charge is 0.497 e. The topological polar surface area (TPSA) is 192 Å². The molecule has 3 rings (SSSR count). The summed E-state index contributed by atoms with van der Waals surface area (Å²) in [6.45, 7) is 0. The van der Waals surface area contributed by atoms with Crippen LogP contribution in [0.4, 0.5) is 17.1 Å². The van der Waals surface area contributed by atoms with Gasteiger partial charge in [0.15, 0.2) is 0 Å². The van der Waals surface area contributed by atoms with Crippen LogP contribution in [0.15, 0.2) is 42.6 Å². The molecule has 0 saturated carbocycles. The van der Waals surface area contributed by atoms with Gasteiger partial charge in [0, 0.05) is 17.1 Å². The summed E-state index contributed by atoms with van der Waals surface area (Å²) in [6.07, 6.45) is 1.80. The Hall–Kier alpha value is -4.55. The van der Waals surface area contributed by atoms with Gasteiger partial charge >= 0.3 is 17.3 Å². The lowest BCUT2D eigenvalue weighted by atomic mass is 10.1. The summed E-state index contributed by atoms with van der Waals surface area (Å²) in [5.41, 5.74) is -1.46. The number of carbonyl (C=O) groups is 1. The minimum absolute atomic E-state index is 0.301. The van der Waals surface area contributed by atoms with E-state index >= 15 is 0 Å². The van der Waals surface area contributed by atoms with Gasteiger partial charge in [0.25, 0.3) is 11.4 Å². The van der Waals surface area contributed by atoms with Crippen molar-refractivity contribution < 1.29 is 29.4 Å². The van der Waals surface area contributed by atoms with Crippen LogP contribution in [0.25, 0.3) is 10.9 Å². The van der Waals surface area contributed by atoms with Crippen LogP contribution < -0.4 is 0 Å². The van der Waals surface area contributed by atoms with Gasteiger partial charge in [-0.2, -0.15) is 0 Å². The number of fused-ring (bicyclic) bond motifs is 1. The number of aromatic nitrogens is 1. The lowest BCUT2D eigenvalue weighted by Crippen LogP contribution is -2.00. The molecule has 0 atom stereocenters. The number of hydrogen-bond donors (Lipinski definition) is 2. The number of H-pyrrole nitrogens is 1. The molecule has 0 fully saturated rings. The van der Waals surface area contributed by atoms with Gasteiger partial charge < -0.3 is 14.8 Å². The molecule has 0 amide bonds. The molecule has 0 radical (unpaired) electrons. The molecule has 3 aromatic rings. The highest BCUT2D eigenvalue weighted by molar-refractivity contribution is 6.03. The van der Waals surface area contributed by atoms with Gasteiger partial charge in [0.2, 0.25) is 0 Å². The average Bonchev–Trinajstić information content (AvgIpc) is 3.16. The van der Waals surface area contributed by atoms with Crippen molar-refractivity contribution in [1.29, 1.82) is 0 Å². The summed E-state index contributed by atoms with van der Waals surface area (Å²) < 4.78 is 4.66. The molecule has 0 spiro atoms. The highest BCUT2D eigenvalue weighted by atomic mass is 16.6. The first-order chi connectivity index (χ1) is 13.7. The van der Waals surface area contributed by atoms with Gasteiger partial charge in [-0.25, -0.2) is 4.79 Å². The van der Waals surface area contributed by atoms with Gasteiger partial charge in [-0.05, 0) is 18.2 Å². The van der Waals surface area contributed by atoms with Gasteiger partial charge in [-0.15, -0.1) is 0 Å². The molecule has 0 aliphatic rings. The summed E-state index contributed by atoms with van der Waals surface area (Å²) in [7, 11) is 1.38. The number of nitro groups is 3. The fourth-order valence-electron chi connectivity index (χ4n) is 2.35. The third-order valence-electron chi connectivity index (χ3n) is 3.66. The van der Waals surface area contributed by atoms with E-state index in [0.29, 0.717) is 17.7 Å². The number of esters is 1. The number of methoxy groups -OCH3 is 1. The Labute approximate surface area is 160 Å². The van der Waals surface area contributed by atoms with E-state index in [-0.39, 0.29) is 5.97 Å². The number of aromatic amines is 1. The number of aromatic hydroxyl groups is 1. The fourth-order valence-corrected chi connectivity index (χ4v) is 2.35. The smallest absolute Gasteiger partial charge is 0.338 e. The molecular weight excluding hydrogens is 392 g/mol. The number of hydrogen-bond acceptors (Lipinski definition) is 9. The van der Waals surface area contributed by atoms with E-state index in [4.69, 9.17) is 5.11 Å². The Morgan fingerprint density at radius 3 is 2.07 bits per heavy atom. The average molecular weight is 404 g/mol. The van der Waals surface area contributed by atoms with Gasteiger partial charge in [0.1, 0.15) is 0 Å². The molecule has 29 heavy (non-hydrogen) atoms. The van der Waals surface area contributed by atoms with Crippen LogP contribution in [-0.2, 0) is 4.74 Å². The molecule has 0 saturated heterocycles. The Kier molecular flexibility index (Phi) is 6.03. The number of nitrogens with zero attached hydrogens (tertiary/aromatic N) is 3. The van der Waals surface area contributed by atoms with Crippen molar-refractivity contribution in [2.45, 2.75) is 0 Å². The zero-order chi connectivity index (χ0) is 21.7. The van der Waals surface area contributed by atoms with Crippen LogP contribution in [0, 0.1) is 30.3 Å². The van der Waals surface area contributed by atoms with E-state index in [1.165, 1.54) is 7.11 Å². The number of nitrogens with one attached hydrogen (secondary N) is 1. The molecular formula is C16H12N4O9. The van der Waals surface area contributed by atoms with Crippen molar-refractivity contribution in [2.75, 3.05) is 7.11 Å². The zero-order valence-corrected chi connectivity index (χ0v) is 14.6. The van der Waals surface area contributed by atoms with Crippen molar-refractivity contribution in [3.05, 3.63) is 78.5 Å². The molecule has 1 aromatic heterocycles. The highest BCUT2D eigenvalue weighted by Crippen LogP contribution is 2.38. The fraction of sp³-hybridized carbons (Fsp3) is 0.0625. The third kappa shape index (κ3) is 4.41. The molecule has 0 aliphatic carbocycles. The Morgan fingerprint density at radius 1 is 1.00 bits per heavy atom. The Bertz CT molecular complexity index is 1090. The molecule has 150 valence electrons. The summed E-state index contributed by atoms with van der Waals surface area (Å²) >= 11 is 0. The van der Waals surface area contributed by atoms with Crippen LogP contribution in [0.1, 0.15) is 10.4 Å². The van der Waals surface area contributed by atoms with Gasteiger partial charge in [0.05, 0.1) is 39.6 Å². The quantitative estimate of drug-likeness (QED) is 0.373. The lowest BCUT2D eigenvalue weighted by molar-refractivity contribution is -0.404. The van der Waals surface area contributed by atoms with Crippen molar-refractivity contribution in [2.24, 2.45) is 0 Å². The first-order valence-corrected chi connectivity index (χ1v) is 7.62. The van der Waals surface area contributed by atoms with Crippen molar-refractivity contribution >= 4 is 33.9 Å². The van der Waals surface area contributed by atoms with E-state index in [0.717, 1.165) is 10.9 Å². The predicted octanol–water partition coefficient (Wildman–Crippen LogP) is 3.07. The molecule has 13 heteroatoms. The predicted molar refractivity (Wildman–Crippen MR) is 97.7 cm³/mol. The van der Waals surface area contributed by atoms with Gasteiger partial charge in [-0.3, -0.25) is 30.3 Å². The van der Waals surface area contributed by atoms with E-state index in [1.54, 1.807) is 12.3 Å². The summed E-state index contributed by atoms with van der Waals surface area (Å²) in [4.78, 5) is 42.1. The number of phenols is 1. The van der Waals surface area contributed by atoms with Crippen LogP contribution in [-0.4, -0.2) is 37.9 Å². The van der Waals surface area contributed by atoms with Crippen LogP contribution in [0.5, 0.6) is 5.75 Å². The number of nitro benzene ring substituents is 3. The van der Waals surface area contributed by atoms with E-state index in [2.05, 4.69) is 9.72 Å². The SMILES string of the molecule is COC(=O)c1cccc2[nH]ccc12.O=[N+]([O-])c1cc([N+](=O)[O-])c(O)c([N+](=O)[O-])c1. The number of rotatable bonds is 4. The maximum atomic E-state index is 11.3. The van der Waals surface area contributed by atoms with Crippen LogP contribution >= 0.6 is 0 Å². The normalized spacial score (nSPS) is 9.97. The van der Waals surface area contributed by atoms with Crippen LogP contribution in [0.3, 0.4) is 0 Å². The summed E-state index contributed by atoms with van der Waals surface area (Å²) in [6, 6.07) is 8.25. The van der Waals surface area contributed by atoms with Crippen molar-refractivity contribution in [3.8, 4) is 5.75 Å². The second kappa shape index (κ2) is 8.43. The zero-order valence-electron chi connectivity index (χ0n) is 14.6. The minimum Gasteiger partial charge on any atom is -0.497 e. The Morgan fingerprint density at radius 2 is 1.59 bits per heavy atom. The molecule has 1 heterocycles. The monoisotopic (exact) mass is 404 g/mol. The number of ether oxygens (including phenoxy) is 1. The molecule has 0 aliphatic heterocycles. The van der Waals surface area contributed by atoms with E-state index in [1.807, 2.05) is 18.2 Å². The molecule has 0 bridgehead atoms. The molecule has 13 nitrogen and oxygen atoms in total. The standard InChI is InChI=1S/C10H9NO2.C6H3N3O7/c1-13-10(12)8-3-2-4-9-7(8)5-6-11-9;10-6-4(8(13)14)1-3(7(11)12)2-5(6)9(15)16/h2-6,11H,1H3;1-2,10H. The first kappa shape index (κ1) is 20.8. The number of benzene rings is 2. The molecule has 2 N–H and O–H groups in total. The Balaban J connectivity index is 0.000000211. The van der Waals surface area contributed by atoms with Gasteiger partial charge in [-0.1, -0.05) is 6.07 Å². The second-order valence-electron chi connectivity index (χ2n) is 5.34. The van der Waals surface area contributed by atoms with Crippen molar-refractivity contribution in [1.82, 2.24) is 4.98 Å². The molecule has 2 aromatic carbocycles.